The number of hydrazine groups is 1. The van der Waals surface area contributed by atoms with Crippen LogP contribution in [0.5, 0.6) is 0 Å². The predicted octanol–water partition coefficient (Wildman–Crippen LogP) is 0.537. The second-order valence-corrected chi connectivity index (χ2v) is 6.27. The van der Waals surface area contributed by atoms with Crippen molar-refractivity contribution in [1.29, 1.82) is 0 Å². The van der Waals surface area contributed by atoms with Crippen LogP contribution >= 0.6 is 0 Å². The molecular weight excluding hydrogens is 300 g/mol. The summed E-state index contributed by atoms with van der Waals surface area (Å²) in [6, 6.07) is 3.61. The van der Waals surface area contributed by atoms with Crippen molar-refractivity contribution in [3.05, 3.63) is 28.3 Å². The summed E-state index contributed by atoms with van der Waals surface area (Å²) in [4.78, 5) is 9.93. The smallest absolute Gasteiger partial charge is 0.291 e. The molecule has 118 valence electrons. The first-order chi connectivity index (χ1) is 9.84. The first kappa shape index (κ1) is 17.3. The van der Waals surface area contributed by atoms with Gasteiger partial charge < -0.3 is 10.2 Å². The number of nitrogen functional groups attached to an aromatic ring is 1. The fourth-order valence-electron chi connectivity index (χ4n) is 1.69. The first-order valence-electron chi connectivity index (χ1n) is 6.05. The molecule has 0 aliphatic heterocycles. The van der Waals surface area contributed by atoms with Crippen LogP contribution in [0.4, 0.5) is 11.4 Å². The van der Waals surface area contributed by atoms with Crippen molar-refractivity contribution >= 4 is 21.4 Å². The molecule has 0 bridgehead atoms. The standard InChI is InChI=1S/C11H18N4O5S/c1-14(6-3-7-20-2)21(18,19)11-5-4-9(13-12)8-10(11)15(16)17/h4-5,8,13H,3,6-7,12H2,1-2H3. The summed E-state index contributed by atoms with van der Waals surface area (Å²) in [5.41, 5.74) is 1.97. The molecule has 0 amide bonds. The number of nitro benzene ring substituents is 1. The maximum atomic E-state index is 12.4. The SMILES string of the molecule is COCCCN(C)S(=O)(=O)c1ccc(NN)cc1[N+](=O)[O-]. The number of sulfonamides is 1. The van der Waals surface area contributed by atoms with Crippen LogP contribution in [0.15, 0.2) is 23.1 Å². The molecule has 0 radical (unpaired) electrons. The third-order valence-electron chi connectivity index (χ3n) is 2.83. The number of hydrogen-bond donors (Lipinski definition) is 2. The van der Waals surface area contributed by atoms with Crippen LogP contribution in [0.1, 0.15) is 6.42 Å². The van der Waals surface area contributed by atoms with Crippen molar-refractivity contribution in [2.24, 2.45) is 5.84 Å². The third-order valence-corrected chi connectivity index (χ3v) is 4.74. The lowest BCUT2D eigenvalue weighted by molar-refractivity contribution is -0.387. The lowest BCUT2D eigenvalue weighted by Crippen LogP contribution is -2.29. The largest absolute Gasteiger partial charge is 0.385 e. The summed E-state index contributed by atoms with van der Waals surface area (Å²) in [7, 11) is -1.08. The van der Waals surface area contributed by atoms with Gasteiger partial charge in [0.05, 0.1) is 10.6 Å². The van der Waals surface area contributed by atoms with E-state index in [2.05, 4.69) is 5.43 Å². The van der Waals surface area contributed by atoms with Gasteiger partial charge >= 0.3 is 0 Å². The average Bonchev–Trinajstić information content (AvgIpc) is 2.46. The molecule has 0 aromatic heterocycles. The van der Waals surface area contributed by atoms with Crippen molar-refractivity contribution < 1.29 is 18.1 Å². The maximum Gasteiger partial charge on any atom is 0.291 e. The molecule has 0 unspecified atom stereocenters. The van der Waals surface area contributed by atoms with Crippen molar-refractivity contribution in [1.82, 2.24) is 4.31 Å². The topological polar surface area (TPSA) is 128 Å². The Morgan fingerprint density at radius 3 is 2.67 bits per heavy atom. The van der Waals surface area contributed by atoms with E-state index >= 15 is 0 Å². The third kappa shape index (κ3) is 4.11. The van der Waals surface area contributed by atoms with E-state index in [1.54, 1.807) is 0 Å². The summed E-state index contributed by atoms with van der Waals surface area (Å²) in [6.45, 7) is 0.599. The number of nitrogens with zero attached hydrogens (tertiary/aromatic N) is 2. The molecule has 9 nitrogen and oxygen atoms in total. The molecule has 0 atom stereocenters. The summed E-state index contributed by atoms with van der Waals surface area (Å²) >= 11 is 0. The van der Waals surface area contributed by atoms with E-state index in [-0.39, 0.29) is 17.1 Å². The van der Waals surface area contributed by atoms with Crippen LogP contribution < -0.4 is 11.3 Å². The van der Waals surface area contributed by atoms with Gasteiger partial charge in [-0.25, -0.2) is 12.7 Å². The minimum absolute atomic E-state index is 0.199. The summed E-state index contributed by atoms with van der Waals surface area (Å²) in [5, 5.41) is 11.1. The van der Waals surface area contributed by atoms with Gasteiger partial charge in [0.15, 0.2) is 4.90 Å². The Bertz CT molecular complexity index is 605. The predicted molar refractivity (Wildman–Crippen MR) is 77.2 cm³/mol. The van der Waals surface area contributed by atoms with Gasteiger partial charge in [0, 0.05) is 33.4 Å². The minimum Gasteiger partial charge on any atom is -0.385 e. The molecule has 0 aliphatic rings. The average molecular weight is 318 g/mol. The van der Waals surface area contributed by atoms with E-state index in [9.17, 15) is 18.5 Å². The molecule has 0 fully saturated rings. The molecule has 10 heteroatoms. The van der Waals surface area contributed by atoms with Gasteiger partial charge in [0.25, 0.3) is 5.69 Å². The molecule has 0 spiro atoms. The molecule has 0 aliphatic carbocycles. The second kappa shape index (κ2) is 7.31. The number of hydrogen-bond acceptors (Lipinski definition) is 7. The highest BCUT2D eigenvalue weighted by atomic mass is 32.2. The number of nitro groups is 1. The van der Waals surface area contributed by atoms with Crippen LogP contribution in [-0.2, 0) is 14.8 Å². The highest BCUT2D eigenvalue weighted by Crippen LogP contribution is 2.28. The van der Waals surface area contributed by atoms with Gasteiger partial charge in [-0.05, 0) is 18.6 Å². The van der Waals surface area contributed by atoms with Gasteiger partial charge in [-0.15, -0.1) is 0 Å². The number of nitrogens with one attached hydrogen (secondary N) is 1. The number of methoxy groups -OCH3 is 1. The Labute approximate surface area is 122 Å². The van der Waals surface area contributed by atoms with Crippen LogP contribution in [0.25, 0.3) is 0 Å². The zero-order valence-electron chi connectivity index (χ0n) is 11.8. The van der Waals surface area contributed by atoms with Crippen LogP contribution in [0.3, 0.4) is 0 Å². The second-order valence-electron chi connectivity index (χ2n) is 4.26. The molecule has 3 N–H and O–H groups in total. The summed E-state index contributed by atoms with van der Waals surface area (Å²) < 4.78 is 30.7. The van der Waals surface area contributed by atoms with Crippen molar-refractivity contribution in [3.63, 3.8) is 0 Å². The normalized spacial score (nSPS) is 11.6. The fraction of sp³-hybridized carbons (Fsp3) is 0.455. The highest BCUT2D eigenvalue weighted by Gasteiger charge is 2.29. The highest BCUT2D eigenvalue weighted by molar-refractivity contribution is 7.89. The van der Waals surface area contributed by atoms with E-state index in [4.69, 9.17) is 10.6 Å². The Morgan fingerprint density at radius 1 is 1.48 bits per heavy atom. The Morgan fingerprint density at radius 2 is 2.14 bits per heavy atom. The van der Waals surface area contributed by atoms with E-state index in [1.807, 2.05) is 0 Å². The molecule has 0 saturated carbocycles. The van der Waals surface area contributed by atoms with Crippen molar-refractivity contribution in [3.8, 4) is 0 Å². The van der Waals surface area contributed by atoms with Crippen molar-refractivity contribution in [2.45, 2.75) is 11.3 Å². The Hall–Kier alpha value is -1.75. The van der Waals surface area contributed by atoms with Crippen LogP contribution in [0.2, 0.25) is 0 Å². The lowest BCUT2D eigenvalue weighted by Gasteiger charge is -2.17. The Balaban J connectivity index is 3.15. The molecule has 1 rings (SSSR count). The molecule has 21 heavy (non-hydrogen) atoms. The minimum atomic E-state index is -3.95. The number of anilines is 1. The van der Waals surface area contributed by atoms with Gasteiger partial charge in [0.1, 0.15) is 0 Å². The first-order valence-corrected chi connectivity index (χ1v) is 7.49. The van der Waals surface area contributed by atoms with E-state index < -0.39 is 20.6 Å². The lowest BCUT2D eigenvalue weighted by atomic mass is 10.3. The van der Waals surface area contributed by atoms with Crippen LogP contribution in [0, 0.1) is 10.1 Å². The zero-order valence-corrected chi connectivity index (χ0v) is 12.6. The van der Waals surface area contributed by atoms with E-state index in [0.29, 0.717) is 13.0 Å². The number of nitrogens with two attached hydrogens (primary N) is 1. The van der Waals surface area contributed by atoms with E-state index in [1.165, 1.54) is 20.2 Å². The summed E-state index contributed by atoms with van der Waals surface area (Å²) in [6.07, 6.45) is 0.489. The van der Waals surface area contributed by atoms with E-state index in [0.717, 1.165) is 16.4 Å². The number of ether oxygens (including phenoxy) is 1. The fourth-order valence-corrected chi connectivity index (χ4v) is 3.03. The number of benzene rings is 1. The Kier molecular flexibility index (Phi) is 6.03. The monoisotopic (exact) mass is 318 g/mol. The molecule has 0 saturated heterocycles. The van der Waals surface area contributed by atoms with Crippen LogP contribution in [-0.4, -0.2) is 45.0 Å². The summed E-state index contributed by atoms with van der Waals surface area (Å²) in [5.74, 6) is 5.17. The van der Waals surface area contributed by atoms with Gasteiger partial charge in [-0.3, -0.25) is 16.0 Å². The van der Waals surface area contributed by atoms with Crippen molar-refractivity contribution in [2.75, 3.05) is 32.7 Å². The number of rotatable bonds is 8. The molecule has 1 aromatic carbocycles. The maximum absolute atomic E-state index is 12.4. The quantitative estimate of drug-likeness (QED) is 0.310. The molecule has 0 heterocycles. The van der Waals surface area contributed by atoms with Gasteiger partial charge in [-0.1, -0.05) is 0 Å². The molecule has 1 aromatic rings. The zero-order chi connectivity index (χ0) is 16.0. The van der Waals surface area contributed by atoms with Gasteiger partial charge in [-0.2, -0.15) is 0 Å². The van der Waals surface area contributed by atoms with Gasteiger partial charge in [0.2, 0.25) is 10.0 Å². The molecular formula is C11H18N4O5S.